The number of alkyl halides is 3. The fraction of sp³-hybridized carbons (Fsp3) is 0.533. The van der Waals surface area contributed by atoms with E-state index < -0.39 is 42.8 Å². The van der Waals surface area contributed by atoms with E-state index in [-0.39, 0.29) is 6.54 Å². The Balaban J connectivity index is 2.40. The van der Waals surface area contributed by atoms with E-state index in [1.807, 2.05) is 0 Å². The maximum Gasteiger partial charge on any atom is 0.256 e. The largest absolute Gasteiger partial charge is 0.388 e. The number of hydrogen-bond acceptors (Lipinski definition) is 4. The number of halogens is 3. The zero-order valence-electron chi connectivity index (χ0n) is 12.4. The van der Waals surface area contributed by atoms with E-state index in [4.69, 9.17) is 0 Å². The number of nitrogens with one attached hydrogen (secondary N) is 1. The van der Waals surface area contributed by atoms with E-state index in [2.05, 4.69) is 5.32 Å². The van der Waals surface area contributed by atoms with Gasteiger partial charge in [-0.15, -0.1) is 0 Å². The molecule has 3 N–H and O–H groups in total. The minimum absolute atomic E-state index is 0.130. The van der Waals surface area contributed by atoms with E-state index in [0.717, 1.165) is 4.90 Å². The zero-order valence-corrected chi connectivity index (χ0v) is 12.4. The van der Waals surface area contributed by atoms with Crippen LogP contribution in [0.1, 0.15) is 5.56 Å². The summed E-state index contributed by atoms with van der Waals surface area (Å²) in [6, 6.07) is 5.02. The first-order chi connectivity index (χ1) is 10.9. The first kappa shape index (κ1) is 17.7. The molecule has 1 aromatic carbocycles. The molecule has 0 radical (unpaired) electrons. The standard InChI is InChI=1S/C15H19F3N2O3/c1-19-15(23)11-13(22)9(16)12(21)10(14(17)18)20(11)7-8-5-3-2-4-6-8/h2-6,9-14,21-22H,7H2,1H3,(H,19,23)/t9-,10-,11-,12-,13-/m0/s1. The molecule has 128 valence electrons. The van der Waals surface area contributed by atoms with Gasteiger partial charge in [-0.05, 0) is 5.56 Å². The van der Waals surface area contributed by atoms with Crippen LogP contribution in [0, 0.1) is 0 Å². The van der Waals surface area contributed by atoms with E-state index in [1.165, 1.54) is 7.05 Å². The number of aliphatic hydroxyl groups excluding tert-OH is 2. The molecule has 1 amide bonds. The van der Waals surface area contributed by atoms with Crippen LogP contribution in [0.3, 0.4) is 0 Å². The lowest BCUT2D eigenvalue weighted by atomic mass is 9.87. The van der Waals surface area contributed by atoms with Crippen molar-refractivity contribution in [3.63, 3.8) is 0 Å². The van der Waals surface area contributed by atoms with Crippen LogP contribution in [-0.2, 0) is 11.3 Å². The summed E-state index contributed by atoms with van der Waals surface area (Å²) < 4.78 is 40.8. The number of likely N-dealkylation sites (N-methyl/N-ethyl adjacent to an activating group) is 1. The van der Waals surface area contributed by atoms with Crippen LogP contribution < -0.4 is 5.32 Å². The molecule has 0 saturated carbocycles. The number of aliphatic hydroxyl groups is 2. The van der Waals surface area contributed by atoms with Crippen molar-refractivity contribution in [2.45, 2.75) is 43.4 Å². The monoisotopic (exact) mass is 332 g/mol. The molecular weight excluding hydrogens is 313 g/mol. The van der Waals surface area contributed by atoms with Crippen molar-refractivity contribution >= 4 is 5.91 Å². The Labute approximate surface area is 131 Å². The minimum Gasteiger partial charge on any atom is -0.388 e. The average Bonchev–Trinajstić information content (AvgIpc) is 2.53. The number of carbonyl (C=O) groups excluding carboxylic acids is 1. The van der Waals surface area contributed by atoms with Gasteiger partial charge in [0, 0.05) is 13.6 Å². The molecule has 5 nitrogen and oxygen atoms in total. The van der Waals surface area contributed by atoms with Crippen molar-refractivity contribution in [1.82, 2.24) is 10.2 Å². The van der Waals surface area contributed by atoms with Gasteiger partial charge in [-0.3, -0.25) is 9.69 Å². The van der Waals surface area contributed by atoms with Crippen molar-refractivity contribution < 1.29 is 28.2 Å². The zero-order chi connectivity index (χ0) is 17.1. The van der Waals surface area contributed by atoms with Gasteiger partial charge in [-0.25, -0.2) is 13.2 Å². The van der Waals surface area contributed by atoms with Crippen LogP contribution in [-0.4, -0.2) is 65.0 Å². The molecule has 1 fully saturated rings. The highest BCUT2D eigenvalue weighted by atomic mass is 19.3. The van der Waals surface area contributed by atoms with Crippen molar-refractivity contribution in [1.29, 1.82) is 0 Å². The van der Waals surface area contributed by atoms with Crippen LogP contribution in [0.25, 0.3) is 0 Å². The van der Waals surface area contributed by atoms with E-state index >= 15 is 0 Å². The van der Waals surface area contributed by atoms with Crippen LogP contribution >= 0.6 is 0 Å². The number of hydrogen-bond donors (Lipinski definition) is 3. The quantitative estimate of drug-likeness (QED) is 0.742. The first-order valence-electron chi connectivity index (χ1n) is 7.18. The summed E-state index contributed by atoms with van der Waals surface area (Å²) in [5.74, 6) is -0.784. The molecule has 1 aliphatic rings. The highest BCUT2D eigenvalue weighted by molar-refractivity contribution is 5.82. The second-order valence-corrected chi connectivity index (χ2v) is 5.47. The minimum atomic E-state index is -3.08. The fourth-order valence-electron chi connectivity index (χ4n) is 2.89. The van der Waals surface area contributed by atoms with Gasteiger partial charge >= 0.3 is 0 Å². The number of rotatable bonds is 4. The molecule has 8 heteroatoms. The van der Waals surface area contributed by atoms with Gasteiger partial charge in [0.1, 0.15) is 24.3 Å². The lowest BCUT2D eigenvalue weighted by Gasteiger charge is -2.47. The molecule has 23 heavy (non-hydrogen) atoms. The third kappa shape index (κ3) is 3.49. The summed E-state index contributed by atoms with van der Waals surface area (Å²) in [7, 11) is 1.27. The summed E-state index contributed by atoms with van der Waals surface area (Å²) in [5.41, 5.74) is 0.601. The Morgan fingerprint density at radius 1 is 1.26 bits per heavy atom. The third-order valence-electron chi connectivity index (χ3n) is 4.05. The lowest BCUT2D eigenvalue weighted by molar-refractivity contribution is -0.179. The van der Waals surface area contributed by atoms with Crippen LogP contribution in [0.5, 0.6) is 0 Å². The molecule has 1 aliphatic heterocycles. The average molecular weight is 332 g/mol. The number of amides is 1. The number of benzene rings is 1. The second kappa shape index (κ2) is 7.29. The van der Waals surface area contributed by atoms with Crippen LogP contribution in [0.15, 0.2) is 30.3 Å². The Morgan fingerprint density at radius 3 is 2.39 bits per heavy atom. The smallest absolute Gasteiger partial charge is 0.256 e. The van der Waals surface area contributed by atoms with Gasteiger partial charge in [0.2, 0.25) is 5.91 Å². The highest BCUT2D eigenvalue weighted by Crippen LogP contribution is 2.31. The molecule has 5 atom stereocenters. The predicted octanol–water partition coefficient (Wildman–Crippen LogP) is 0.310. The molecule has 1 aromatic rings. The molecule has 1 saturated heterocycles. The number of piperidine rings is 1. The topological polar surface area (TPSA) is 72.8 Å². The maximum absolute atomic E-state index is 14.0. The van der Waals surface area contributed by atoms with Gasteiger partial charge < -0.3 is 15.5 Å². The molecular formula is C15H19F3N2O3. The molecule has 0 aliphatic carbocycles. The molecule has 0 unspecified atom stereocenters. The summed E-state index contributed by atoms with van der Waals surface area (Å²) in [6.45, 7) is -0.130. The second-order valence-electron chi connectivity index (χ2n) is 5.47. The summed E-state index contributed by atoms with van der Waals surface area (Å²) in [5, 5.41) is 22.0. The van der Waals surface area contributed by atoms with Crippen LogP contribution in [0.4, 0.5) is 13.2 Å². The highest BCUT2D eigenvalue weighted by Gasteiger charge is 2.54. The molecule has 0 aromatic heterocycles. The summed E-state index contributed by atoms with van der Waals surface area (Å²) >= 11 is 0. The summed E-state index contributed by atoms with van der Waals surface area (Å²) in [6.07, 6.45) is -9.40. The van der Waals surface area contributed by atoms with Crippen molar-refractivity contribution in [2.75, 3.05) is 7.05 Å². The lowest BCUT2D eigenvalue weighted by Crippen LogP contribution is -2.69. The van der Waals surface area contributed by atoms with Crippen molar-refractivity contribution in [3.05, 3.63) is 35.9 Å². The Kier molecular flexibility index (Phi) is 5.61. The number of nitrogens with zero attached hydrogens (tertiary/aromatic N) is 1. The maximum atomic E-state index is 14.0. The van der Waals surface area contributed by atoms with Gasteiger partial charge in [-0.1, -0.05) is 30.3 Å². The molecule has 1 heterocycles. The van der Waals surface area contributed by atoms with Crippen molar-refractivity contribution in [2.24, 2.45) is 0 Å². The Hall–Kier alpha value is -1.64. The number of likely N-dealkylation sites (tertiary alicyclic amines) is 1. The van der Waals surface area contributed by atoms with Gasteiger partial charge in [0.15, 0.2) is 6.17 Å². The molecule has 2 rings (SSSR count). The van der Waals surface area contributed by atoms with Gasteiger partial charge in [0.05, 0.1) is 0 Å². The third-order valence-corrected chi connectivity index (χ3v) is 4.05. The number of carbonyl (C=O) groups is 1. The Bertz CT molecular complexity index is 532. The van der Waals surface area contributed by atoms with E-state index in [1.54, 1.807) is 30.3 Å². The Morgan fingerprint density at radius 2 is 1.87 bits per heavy atom. The van der Waals surface area contributed by atoms with E-state index in [0.29, 0.717) is 5.56 Å². The summed E-state index contributed by atoms with van der Waals surface area (Å²) in [4.78, 5) is 13.0. The predicted molar refractivity (Wildman–Crippen MR) is 76.5 cm³/mol. The van der Waals surface area contributed by atoms with E-state index in [9.17, 15) is 28.2 Å². The normalized spacial score (nSPS) is 32.0. The fourth-order valence-corrected chi connectivity index (χ4v) is 2.89. The molecule has 0 spiro atoms. The first-order valence-corrected chi connectivity index (χ1v) is 7.18. The van der Waals surface area contributed by atoms with Crippen molar-refractivity contribution in [3.8, 4) is 0 Å². The van der Waals surface area contributed by atoms with Gasteiger partial charge in [-0.2, -0.15) is 0 Å². The van der Waals surface area contributed by atoms with Crippen LogP contribution in [0.2, 0.25) is 0 Å². The molecule has 0 bridgehead atoms. The SMILES string of the molecule is CNC(=O)[C@@H]1[C@@H](O)[C@@H](F)[C@H](O)[C@@H](C(F)F)N1Cc1ccccc1. The van der Waals surface area contributed by atoms with Gasteiger partial charge in [0.25, 0.3) is 6.43 Å².